The number of morpholine rings is 1. The van der Waals surface area contributed by atoms with Gasteiger partial charge in [-0.1, -0.05) is 6.92 Å². The molecule has 1 aliphatic rings. The van der Waals surface area contributed by atoms with Crippen LogP contribution in [-0.2, 0) is 4.74 Å². The van der Waals surface area contributed by atoms with Crippen LogP contribution in [0.5, 0.6) is 5.75 Å². The molecule has 5 nitrogen and oxygen atoms in total. The fourth-order valence-electron chi connectivity index (χ4n) is 2.23. The van der Waals surface area contributed by atoms with Crippen molar-refractivity contribution in [1.82, 2.24) is 0 Å². The molecule has 1 atom stereocenters. The Bertz CT molecular complexity index is 473. The van der Waals surface area contributed by atoms with E-state index in [1.165, 1.54) is 18.3 Å². The quantitative estimate of drug-likeness (QED) is 0.858. The molecule has 106 valence electrons. The molecule has 1 aromatic rings. The minimum absolute atomic E-state index is 0.0210. The number of methoxy groups -OCH3 is 1. The third kappa shape index (κ3) is 2.69. The topological polar surface area (TPSA) is 64.8 Å². The molecule has 2 heterocycles. The van der Waals surface area contributed by atoms with Crippen LogP contribution in [0.4, 0.5) is 10.7 Å². The maximum Gasteiger partial charge on any atom is 0.177 e. The van der Waals surface area contributed by atoms with Crippen LogP contribution in [0.3, 0.4) is 0 Å². The van der Waals surface area contributed by atoms with Gasteiger partial charge in [0.15, 0.2) is 11.5 Å². The molecule has 0 aliphatic carbocycles. The molecular formula is C13H20N2O3S. The number of nitrogen functional groups attached to an aromatic ring is 1. The van der Waals surface area contributed by atoms with Gasteiger partial charge in [0.2, 0.25) is 0 Å². The predicted octanol–water partition coefficient (Wildman–Crippen LogP) is 2.16. The van der Waals surface area contributed by atoms with Gasteiger partial charge in [0.25, 0.3) is 0 Å². The van der Waals surface area contributed by atoms with Crippen molar-refractivity contribution in [3.63, 3.8) is 0 Å². The van der Waals surface area contributed by atoms with Crippen LogP contribution in [0.15, 0.2) is 0 Å². The van der Waals surface area contributed by atoms with Crippen LogP contribution < -0.4 is 15.4 Å². The minimum Gasteiger partial charge on any atom is -0.492 e. The van der Waals surface area contributed by atoms with Crippen LogP contribution in [0.1, 0.15) is 29.9 Å². The highest BCUT2D eigenvalue weighted by molar-refractivity contribution is 7.19. The fourth-order valence-corrected chi connectivity index (χ4v) is 3.35. The number of thiophene rings is 1. The molecule has 0 radical (unpaired) electrons. The number of hydrogen-bond donors (Lipinski definition) is 1. The zero-order valence-electron chi connectivity index (χ0n) is 11.6. The lowest BCUT2D eigenvalue weighted by Crippen LogP contribution is -2.42. The van der Waals surface area contributed by atoms with Gasteiger partial charge in [-0.25, -0.2) is 0 Å². The van der Waals surface area contributed by atoms with E-state index in [0.29, 0.717) is 22.9 Å². The summed E-state index contributed by atoms with van der Waals surface area (Å²) in [5.41, 5.74) is 6.45. The molecule has 0 spiro atoms. The van der Waals surface area contributed by atoms with Crippen LogP contribution in [0.25, 0.3) is 0 Å². The molecule has 0 aromatic carbocycles. The van der Waals surface area contributed by atoms with E-state index in [1.54, 1.807) is 7.11 Å². The lowest BCUT2D eigenvalue weighted by molar-refractivity contribution is 0.0385. The van der Waals surface area contributed by atoms with E-state index in [2.05, 4.69) is 11.8 Å². The third-order valence-electron chi connectivity index (χ3n) is 3.29. The SMILES string of the molecule is CCC1CN(c2sc(C(C)=O)c(N)c2OC)CCO1. The van der Waals surface area contributed by atoms with Crippen LogP contribution in [-0.4, -0.2) is 38.7 Å². The second-order valence-corrected chi connectivity index (χ2v) is 5.59. The highest BCUT2D eigenvalue weighted by atomic mass is 32.1. The molecule has 0 saturated carbocycles. The van der Waals surface area contributed by atoms with Gasteiger partial charge in [0.1, 0.15) is 5.00 Å². The van der Waals surface area contributed by atoms with Crippen molar-refractivity contribution in [2.45, 2.75) is 26.4 Å². The Kier molecular flexibility index (Phi) is 4.31. The normalized spacial score (nSPS) is 19.5. The summed E-state index contributed by atoms with van der Waals surface area (Å²) in [5, 5.41) is 0.937. The van der Waals surface area contributed by atoms with E-state index in [0.717, 1.165) is 24.5 Å². The van der Waals surface area contributed by atoms with E-state index in [1.807, 2.05) is 0 Å². The molecular weight excluding hydrogens is 264 g/mol. The zero-order valence-corrected chi connectivity index (χ0v) is 12.4. The molecule has 0 bridgehead atoms. The summed E-state index contributed by atoms with van der Waals surface area (Å²) in [6.45, 7) is 5.93. The molecule has 2 N–H and O–H groups in total. The summed E-state index contributed by atoms with van der Waals surface area (Å²) in [4.78, 5) is 14.4. The van der Waals surface area contributed by atoms with Crippen LogP contribution in [0, 0.1) is 0 Å². The first-order chi connectivity index (χ1) is 9.08. The summed E-state index contributed by atoms with van der Waals surface area (Å²) in [6.07, 6.45) is 1.20. The van der Waals surface area contributed by atoms with E-state index in [4.69, 9.17) is 15.2 Å². The highest BCUT2D eigenvalue weighted by Crippen LogP contribution is 2.45. The van der Waals surface area contributed by atoms with Gasteiger partial charge in [0, 0.05) is 20.0 Å². The number of carbonyl (C=O) groups excluding carboxylic acids is 1. The van der Waals surface area contributed by atoms with Crippen molar-refractivity contribution in [1.29, 1.82) is 0 Å². The van der Waals surface area contributed by atoms with Crippen molar-refractivity contribution in [2.75, 3.05) is 37.4 Å². The highest BCUT2D eigenvalue weighted by Gasteiger charge is 2.27. The van der Waals surface area contributed by atoms with E-state index in [-0.39, 0.29) is 11.9 Å². The van der Waals surface area contributed by atoms with Gasteiger partial charge >= 0.3 is 0 Å². The van der Waals surface area contributed by atoms with Crippen molar-refractivity contribution >= 4 is 27.8 Å². The first-order valence-electron chi connectivity index (χ1n) is 6.42. The monoisotopic (exact) mass is 284 g/mol. The van der Waals surface area contributed by atoms with Crippen molar-refractivity contribution in [3.8, 4) is 5.75 Å². The number of carbonyl (C=O) groups is 1. The first-order valence-corrected chi connectivity index (χ1v) is 7.23. The number of hydrogen-bond acceptors (Lipinski definition) is 6. The first kappa shape index (κ1) is 14.1. The maximum atomic E-state index is 11.6. The number of anilines is 2. The Labute approximate surface area is 117 Å². The number of nitrogens with zero attached hydrogens (tertiary/aromatic N) is 1. The predicted molar refractivity (Wildman–Crippen MR) is 77.5 cm³/mol. The van der Waals surface area contributed by atoms with Crippen molar-refractivity contribution in [3.05, 3.63) is 4.88 Å². The molecule has 1 fully saturated rings. The number of rotatable bonds is 4. The number of Topliss-reactive ketones (excluding diaryl/α,β-unsaturated/α-hetero) is 1. The van der Waals surface area contributed by atoms with Gasteiger partial charge in [-0.05, 0) is 6.42 Å². The summed E-state index contributed by atoms with van der Waals surface area (Å²) in [5.74, 6) is 0.597. The van der Waals surface area contributed by atoms with E-state index >= 15 is 0 Å². The Balaban J connectivity index is 2.33. The van der Waals surface area contributed by atoms with Crippen LogP contribution in [0.2, 0.25) is 0 Å². The summed E-state index contributed by atoms with van der Waals surface area (Å²) in [7, 11) is 1.59. The maximum absolute atomic E-state index is 11.6. The smallest absolute Gasteiger partial charge is 0.177 e. The van der Waals surface area contributed by atoms with Gasteiger partial charge in [-0.3, -0.25) is 4.79 Å². The fraction of sp³-hybridized carbons (Fsp3) is 0.615. The summed E-state index contributed by atoms with van der Waals surface area (Å²) < 4.78 is 11.0. The number of ketones is 1. The lowest BCUT2D eigenvalue weighted by Gasteiger charge is -2.33. The second-order valence-electron chi connectivity index (χ2n) is 4.59. The molecule has 6 heteroatoms. The average Bonchev–Trinajstić information content (AvgIpc) is 2.75. The Morgan fingerprint density at radius 2 is 2.37 bits per heavy atom. The van der Waals surface area contributed by atoms with Gasteiger partial charge in [-0.2, -0.15) is 0 Å². The molecule has 1 aromatic heterocycles. The molecule has 1 saturated heterocycles. The summed E-state index contributed by atoms with van der Waals surface area (Å²) in [6, 6.07) is 0. The van der Waals surface area contributed by atoms with Gasteiger partial charge in [-0.15, -0.1) is 11.3 Å². The number of nitrogens with two attached hydrogens (primary N) is 1. The average molecular weight is 284 g/mol. The lowest BCUT2D eigenvalue weighted by atomic mass is 10.2. The zero-order chi connectivity index (χ0) is 14.0. The van der Waals surface area contributed by atoms with Gasteiger partial charge in [0.05, 0.1) is 30.4 Å². The largest absolute Gasteiger partial charge is 0.492 e. The van der Waals surface area contributed by atoms with Crippen LogP contribution >= 0.6 is 11.3 Å². The van der Waals surface area contributed by atoms with Crippen molar-refractivity contribution in [2.24, 2.45) is 0 Å². The Morgan fingerprint density at radius 3 is 2.95 bits per heavy atom. The molecule has 2 rings (SSSR count). The third-order valence-corrected chi connectivity index (χ3v) is 4.64. The second kappa shape index (κ2) is 5.79. The number of ether oxygens (including phenoxy) is 2. The molecule has 0 amide bonds. The Morgan fingerprint density at radius 1 is 1.63 bits per heavy atom. The standard InChI is InChI=1S/C13H20N2O3S/c1-4-9-7-15(5-6-18-9)13-11(17-3)10(14)12(19-13)8(2)16/h9H,4-7,14H2,1-3H3. The van der Waals surface area contributed by atoms with E-state index in [9.17, 15) is 4.79 Å². The molecule has 1 aliphatic heterocycles. The molecule has 1 unspecified atom stereocenters. The minimum atomic E-state index is -0.0210. The van der Waals surface area contributed by atoms with Gasteiger partial charge < -0.3 is 20.1 Å². The van der Waals surface area contributed by atoms with Crippen molar-refractivity contribution < 1.29 is 14.3 Å². The molecule has 19 heavy (non-hydrogen) atoms. The Hall–Kier alpha value is -1.27. The van der Waals surface area contributed by atoms with E-state index < -0.39 is 0 Å². The summed E-state index contributed by atoms with van der Waals surface area (Å²) >= 11 is 1.41.